The summed E-state index contributed by atoms with van der Waals surface area (Å²) >= 11 is 4.25. The Morgan fingerprint density at radius 2 is 2.17 bits per heavy atom. The first-order valence-corrected chi connectivity index (χ1v) is 5.74. The molecule has 1 heterocycles. The summed E-state index contributed by atoms with van der Waals surface area (Å²) in [5.74, 6) is 1.91. The second-order valence-electron chi connectivity index (χ2n) is 3.97. The third-order valence-corrected chi connectivity index (χ3v) is 3.42. The first-order chi connectivity index (χ1) is 5.75. The van der Waals surface area contributed by atoms with Crippen molar-refractivity contribution < 1.29 is 0 Å². The molecule has 0 saturated carbocycles. The van der Waals surface area contributed by atoms with Crippen LogP contribution in [-0.4, -0.2) is 29.8 Å². The fourth-order valence-electron chi connectivity index (χ4n) is 2.01. The van der Waals surface area contributed by atoms with Crippen LogP contribution >= 0.6 is 12.6 Å². The lowest BCUT2D eigenvalue weighted by Crippen LogP contribution is -2.42. The number of piperidine rings is 1. The van der Waals surface area contributed by atoms with Gasteiger partial charge in [-0.3, -0.25) is 0 Å². The monoisotopic (exact) mass is 187 g/mol. The summed E-state index contributed by atoms with van der Waals surface area (Å²) in [6, 6.07) is 0.790. The van der Waals surface area contributed by atoms with E-state index in [1.807, 2.05) is 0 Å². The number of hydrogen-bond acceptors (Lipinski definition) is 2. The molecule has 0 spiro atoms. The summed E-state index contributed by atoms with van der Waals surface area (Å²) in [6.45, 7) is 7.29. The maximum absolute atomic E-state index is 4.25. The van der Waals surface area contributed by atoms with E-state index >= 15 is 0 Å². The Morgan fingerprint density at radius 1 is 1.42 bits per heavy atom. The summed E-state index contributed by atoms with van der Waals surface area (Å²) in [4.78, 5) is 2.62. The van der Waals surface area contributed by atoms with Gasteiger partial charge in [0.1, 0.15) is 0 Å². The molecule has 0 radical (unpaired) electrons. The van der Waals surface area contributed by atoms with Crippen LogP contribution in [0.3, 0.4) is 0 Å². The molecule has 1 rings (SSSR count). The number of thiol groups is 1. The van der Waals surface area contributed by atoms with Crippen LogP contribution in [0, 0.1) is 5.92 Å². The zero-order chi connectivity index (χ0) is 8.97. The number of likely N-dealkylation sites (tertiary alicyclic amines) is 1. The van der Waals surface area contributed by atoms with Gasteiger partial charge in [-0.1, -0.05) is 6.92 Å². The molecule has 0 N–H and O–H groups in total. The second kappa shape index (κ2) is 5.13. The highest BCUT2D eigenvalue weighted by Crippen LogP contribution is 2.22. The van der Waals surface area contributed by atoms with Gasteiger partial charge in [0.15, 0.2) is 0 Å². The molecule has 0 aromatic rings. The minimum absolute atomic E-state index is 0.790. The summed E-state index contributed by atoms with van der Waals surface area (Å²) in [7, 11) is 0. The Morgan fingerprint density at radius 3 is 2.83 bits per heavy atom. The molecule has 1 aliphatic heterocycles. The molecule has 72 valence electrons. The third-order valence-electron chi connectivity index (χ3n) is 3.11. The van der Waals surface area contributed by atoms with E-state index in [1.165, 1.54) is 32.4 Å². The van der Waals surface area contributed by atoms with Crippen molar-refractivity contribution in [1.82, 2.24) is 4.90 Å². The predicted octanol–water partition coefficient (Wildman–Crippen LogP) is 2.43. The van der Waals surface area contributed by atoms with E-state index in [0.717, 1.165) is 17.7 Å². The van der Waals surface area contributed by atoms with Crippen molar-refractivity contribution in [2.45, 2.75) is 39.2 Å². The zero-order valence-electron chi connectivity index (χ0n) is 8.29. The van der Waals surface area contributed by atoms with Gasteiger partial charge in [-0.05, 0) is 50.9 Å². The van der Waals surface area contributed by atoms with E-state index in [2.05, 4.69) is 31.4 Å². The number of hydrogen-bond donors (Lipinski definition) is 1. The van der Waals surface area contributed by atoms with Crippen molar-refractivity contribution in [3.05, 3.63) is 0 Å². The highest BCUT2D eigenvalue weighted by Gasteiger charge is 2.23. The van der Waals surface area contributed by atoms with Crippen LogP contribution in [0.2, 0.25) is 0 Å². The molecule has 1 nitrogen and oxygen atoms in total. The van der Waals surface area contributed by atoms with Gasteiger partial charge < -0.3 is 4.90 Å². The van der Waals surface area contributed by atoms with Crippen LogP contribution in [0.4, 0.5) is 0 Å². The Bertz CT molecular complexity index is 127. The Labute approximate surface area is 81.9 Å². The lowest BCUT2D eigenvalue weighted by atomic mass is 9.92. The molecular weight excluding hydrogens is 166 g/mol. The number of nitrogens with zero attached hydrogens (tertiary/aromatic N) is 1. The van der Waals surface area contributed by atoms with Crippen molar-refractivity contribution in [2.75, 3.05) is 18.8 Å². The summed E-state index contributed by atoms with van der Waals surface area (Å²) in [5, 5.41) is 0. The van der Waals surface area contributed by atoms with Gasteiger partial charge in [-0.15, -0.1) is 0 Å². The van der Waals surface area contributed by atoms with Crippen LogP contribution < -0.4 is 0 Å². The Hall–Kier alpha value is 0.310. The highest BCUT2D eigenvalue weighted by atomic mass is 32.1. The van der Waals surface area contributed by atoms with Gasteiger partial charge in [0.25, 0.3) is 0 Å². The molecule has 0 aromatic carbocycles. The van der Waals surface area contributed by atoms with E-state index in [4.69, 9.17) is 0 Å². The van der Waals surface area contributed by atoms with Crippen molar-refractivity contribution in [1.29, 1.82) is 0 Å². The van der Waals surface area contributed by atoms with E-state index in [0.29, 0.717) is 0 Å². The minimum Gasteiger partial charge on any atom is -0.300 e. The molecule has 1 saturated heterocycles. The smallest absolute Gasteiger partial charge is 0.00925 e. The van der Waals surface area contributed by atoms with Crippen LogP contribution in [0.1, 0.15) is 33.1 Å². The lowest BCUT2D eigenvalue weighted by Gasteiger charge is -2.37. The maximum atomic E-state index is 4.25. The average molecular weight is 187 g/mol. The molecule has 12 heavy (non-hydrogen) atoms. The summed E-state index contributed by atoms with van der Waals surface area (Å²) in [5.41, 5.74) is 0. The number of rotatable bonds is 3. The molecule has 2 heteroatoms. The van der Waals surface area contributed by atoms with Crippen molar-refractivity contribution in [2.24, 2.45) is 5.92 Å². The SMILES string of the molecule is CC1CCCN(CCCS)C1C. The van der Waals surface area contributed by atoms with Crippen LogP contribution in [-0.2, 0) is 0 Å². The zero-order valence-corrected chi connectivity index (χ0v) is 9.19. The molecule has 1 aliphatic rings. The van der Waals surface area contributed by atoms with E-state index in [1.54, 1.807) is 0 Å². The van der Waals surface area contributed by atoms with Crippen LogP contribution in [0.5, 0.6) is 0 Å². The molecule has 0 amide bonds. The van der Waals surface area contributed by atoms with Gasteiger partial charge in [0, 0.05) is 6.04 Å². The first kappa shape index (κ1) is 10.4. The summed E-state index contributed by atoms with van der Waals surface area (Å²) < 4.78 is 0. The van der Waals surface area contributed by atoms with Crippen LogP contribution in [0.25, 0.3) is 0 Å². The molecule has 2 atom stereocenters. The van der Waals surface area contributed by atoms with Crippen molar-refractivity contribution in [3.8, 4) is 0 Å². The Balaban J connectivity index is 2.30. The van der Waals surface area contributed by atoms with Gasteiger partial charge in [-0.2, -0.15) is 12.6 Å². The highest BCUT2D eigenvalue weighted by molar-refractivity contribution is 7.80. The largest absolute Gasteiger partial charge is 0.300 e. The quantitative estimate of drug-likeness (QED) is 0.664. The van der Waals surface area contributed by atoms with Gasteiger partial charge in [-0.25, -0.2) is 0 Å². The Kier molecular flexibility index (Phi) is 4.44. The van der Waals surface area contributed by atoms with E-state index < -0.39 is 0 Å². The maximum Gasteiger partial charge on any atom is 0.00925 e. The van der Waals surface area contributed by atoms with Crippen LogP contribution in [0.15, 0.2) is 0 Å². The van der Waals surface area contributed by atoms with Crippen molar-refractivity contribution >= 4 is 12.6 Å². The molecule has 2 unspecified atom stereocenters. The fourth-order valence-corrected chi connectivity index (χ4v) is 2.15. The van der Waals surface area contributed by atoms with E-state index in [-0.39, 0.29) is 0 Å². The van der Waals surface area contributed by atoms with Gasteiger partial charge >= 0.3 is 0 Å². The minimum atomic E-state index is 0.790. The van der Waals surface area contributed by atoms with Crippen molar-refractivity contribution in [3.63, 3.8) is 0 Å². The lowest BCUT2D eigenvalue weighted by molar-refractivity contribution is 0.114. The average Bonchev–Trinajstić information content (AvgIpc) is 2.08. The van der Waals surface area contributed by atoms with Gasteiger partial charge in [0.05, 0.1) is 0 Å². The normalized spacial score (nSPS) is 32.2. The first-order valence-electron chi connectivity index (χ1n) is 5.10. The molecule has 0 aliphatic carbocycles. The molecule has 0 bridgehead atoms. The molecule has 0 aromatic heterocycles. The molecular formula is C10H21NS. The predicted molar refractivity (Wildman–Crippen MR) is 57.9 cm³/mol. The third kappa shape index (κ3) is 2.67. The summed E-state index contributed by atoms with van der Waals surface area (Å²) in [6.07, 6.45) is 4.04. The van der Waals surface area contributed by atoms with Gasteiger partial charge in [0.2, 0.25) is 0 Å². The fraction of sp³-hybridized carbons (Fsp3) is 1.00. The topological polar surface area (TPSA) is 3.24 Å². The second-order valence-corrected chi connectivity index (χ2v) is 4.42. The van der Waals surface area contributed by atoms with E-state index in [9.17, 15) is 0 Å². The molecule has 1 fully saturated rings. The standard InChI is InChI=1S/C10H21NS/c1-9-5-3-6-11(10(9)2)7-4-8-12/h9-10,12H,3-8H2,1-2H3.